The third-order valence-corrected chi connectivity index (χ3v) is 4.35. The van der Waals surface area contributed by atoms with Crippen LogP contribution in [0.5, 0.6) is 0 Å². The van der Waals surface area contributed by atoms with Crippen molar-refractivity contribution in [2.24, 2.45) is 5.92 Å². The quantitative estimate of drug-likeness (QED) is 0.725. The molecule has 0 radical (unpaired) electrons. The van der Waals surface area contributed by atoms with Crippen LogP contribution in [-0.4, -0.2) is 61.0 Å². The van der Waals surface area contributed by atoms with E-state index in [0.29, 0.717) is 18.0 Å². The summed E-state index contributed by atoms with van der Waals surface area (Å²) in [5.74, 6) is 0.559. The first-order valence-electron chi connectivity index (χ1n) is 6.82. The van der Waals surface area contributed by atoms with Crippen molar-refractivity contribution in [3.8, 4) is 0 Å². The van der Waals surface area contributed by atoms with Gasteiger partial charge in [0.1, 0.15) is 0 Å². The molecule has 2 heterocycles. The van der Waals surface area contributed by atoms with Crippen molar-refractivity contribution in [2.75, 3.05) is 33.2 Å². The van der Waals surface area contributed by atoms with Crippen molar-refractivity contribution in [2.45, 2.75) is 38.8 Å². The van der Waals surface area contributed by atoms with Crippen LogP contribution in [0.4, 0.5) is 0 Å². The van der Waals surface area contributed by atoms with Crippen LogP contribution in [0.2, 0.25) is 0 Å². The van der Waals surface area contributed by atoms with Crippen LogP contribution < -0.4 is 5.32 Å². The number of hydrogen-bond acceptors (Lipinski definition) is 3. The van der Waals surface area contributed by atoms with Gasteiger partial charge in [0.05, 0.1) is 5.92 Å². The number of rotatable bonds is 1. The predicted molar refractivity (Wildman–Crippen MR) is 68.9 cm³/mol. The molecule has 1 amide bonds. The Labute approximate surface area is 104 Å². The summed E-state index contributed by atoms with van der Waals surface area (Å²) in [4.78, 5) is 16.9. The van der Waals surface area contributed by atoms with Crippen LogP contribution in [-0.2, 0) is 4.79 Å². The molecule has 3 unspecified atom stereocenters. The number of amides is 1. The summed E-state index contributed by atoms with van der Waals surface area (Å²) < 4.78 is 0. The smallest absolute Gasteiger partial charge is 0.227 e. The Balaban J connectivity index is 1.95. The molecular formula is C13H25N3O. The average Bonchev–Trinajstić information content (AvgIpc) is 2.32. The Morgan fingerprint density at radius 2 is 2.06 bits per heavy atom. The molecule has 0 aromatic heterocycles. The van der Waals surface area contributed by atoms with E-state index in [2.05, 4.69) is 36.0 Å². The zero-order valence-electron chi connectivity index (χ0n) is 11.3. The van der Waals surface area contributed by atoms with Gasteiger partial charge < -0.3 is 15.1 Å². The first-order valence-corrected chi connectivity index (χ1v) is 6.82. The van der Waals surface area contributed by atoms with Gasteiger partial charge in [0.15, 0.2) is 0 Å². The summed E-state index contributed by atoms with van der Waals surface area (Å²) >= 11 is 0. The molecule has 2 aliphatic heterocycles. The van der Waals surface area contributed by atoms with E-state index in [-0.39, 0.29) is 5.92 Å². The highest BCUT2D eigenvalue weighted by atomic mass is 16.2. The number of nitrogens with one attached hydrogen (secondary N) is 1. The van der Waals surface area contributed by atoms with Crippen molar-refractivity contribution in [3.63, 3.8) is 0 Å². The normalized spacial score (nSPS) is 35.9. The molecule has 0 spiro atoms. The van der Waals surface area contributed by atoms with E-state index in [1.165, 1.54) is 0 Å². The number of carbonyl (C=O) groups excluding carboxylic acids is 1. The zero-order chi connectivity index (χ0) is 12.4. The molecule has 0 bridgehead atoms. The standard InChI is InChI=1S/C13H25N3O/c1-10-9-16(8-7-15(10)3)13(17)12-5-4-6-14-11(12)2/h10-12,14H,4-9H2,1-3H3. The Morgan fingerprint density at radius 3 is 2.71 bits per heavy atom. The number of carbonyl (C=O) groups is 1. The van der Waals surface area contributed by atoms with Crippen LogP contribution in [0, 0.1) is 5.92 Å². The number of likely N-dealkylation sites (N-methyl/N-ethyl adjacent to an activating group) is 1. The van der Waals surface area contributed by atoms with E-state index < -0.39 is 0 Å². The lowest BCUT2D eigenvalue weighted by molar-refractivity contribution is -0.139. The minimum atomic E-state index is 0.194. The summed E-state index contributed by atoms with van der Waals surface area (Å²) in [6, 6.07) is 0.825. The van der Waals surface area contributed by atoms with Gasteiger partial charge in [-0.3, -0.25) is 4.79 Å². The lowest BCUT2D eigenvalue weighted by atomic mass is 9.90. The van der Waals surface area contributed by atoms with Crippen LogP contribution in [0.1, 0.15) is 26.7 Å². The second-order valence-electron chi connectivity index (χ2n) is 5.61. The van der Waals surface area contributed by atoms with E-state index in [0.717, 1.165) is 39.0 Å². The summed E-state index contributed by atoms with van der Waals surface area (Å²) in [6.07, 6.45) is 2.18. The fourth-order valence-electron chi connectivity index (χ4n) is 2.86. The summed E-state index contributed by atoms with van der Waals surface area (Å²) in [6.45, 7) is 8.18. The Bertz CT molecular complexity index is 282. The second kappa shape index (κ2) is 5.36. The SMILES string of the molecule is CC1NCCCC1C(=O)N1CCN(C)C(C)C1. The highest BCUT2D eigenvalue weighted by molar-refractivity contribution is 5.79. The van der Waals surface area contributed by atoms with Gasteiger partial charge in [-0.2, -0.15) is 0 Å². The van der Waals surface area contributed by atoms with E-state index >= 15 is 0 Å². The third-order valence-electron chi connectivity index (χ3n) is 4.35. The maximum atomic E-state index is 12.5. The molecule has 3 atom stereocenters. The monoisotopic (exact) mass is 239 g/mol. The molecule has 17 heavy (non-hydrogen) atoms. The van der Waals surface area contributed by atoms with Gasteiger partial charge in [-0.05, 0) is 40.3 Å². The molecule has 0 aromatic rings. The average molecular weight is 239 g/mol. The number of hydrogen-bond donors (Lipinski definition) is 1. The maximum absolute atomic E-state index is 12.5. The van der Waals surface area contributed by atoms with Crippen molar-refractivity contribution in [1.29, 1.82) is 0 Å². The number of nitrogens with zero attached hydrogens (tertiary/aromatic N) is 2. The topological polar surface area (TPSA) is 35.6 Å². The largest absolute Gasteiger partial charge is 0.340 e. The molecular weight excluding hydrogens is 214 g/mol. The molecule has 0 aromatic carbocycles. The van der Waals surface area contributed by atoms with Gasteiger partial charge in [-0.25, -0.2) is 0 Å². The summed E-state index contributed by atoms with van der Waals surface area (Å²) in [5.41, 5.74) is 0. The minimum Gasteiger partial charge on any atom is -0.340 e. The van der Waals surface area contributed by atoms with Gasteiger partial charge in [-0.15, -0.1) is 0 Å². The molecule has 4 nitrogen and oxygen atoms in total. The molecule has 4 heteroatoms. The third kappa shape index (κ3) is 2.80. The lowest BCUT2D eigenvalue weighted by Gasteiger charge is -2.41. The molecule has 98 valence electrons. The van der Waals surface area contributed by atoms with E-state index in [9.17, 15) is 4.79 Å². The van der Waals surface area contributed by atoms with Crippen molar-refractivity contribution in [3.05, 3.63) is 0 Å². The molecule has 1 N–H and O–H groups in total. The summed E-state index contributed by atoms with van der Waals surface area (Å²) in [5, 5.41) is 3.41. The lowest BCUT2D eigenvalue weighted by Crippen LogP contribution is -2.56. The van der Waals surface area contributed by atoms with Gasteiger partial charge in [0.2, 0.25) is 5.91 Å². The molecule has 2 aliphatic rings. The Kier molecular flexibility index (Phi) is 4.05. The fourth-order valence-corrected chi connectivity index (χ4v) is 2.86. The van der Waals surface area contributed by atoms with Gasteiger partial charge in [-0.1, -0.05) is 0 Å². The molecule has 0 aliphatic carbocycles. The van der Waals surface area contributed by atoms with Gasteiger partial charge in [0, 0.05) is 31.7 Å². The fraction of sp³-hybridized carbons (Fsp3) is 0.923. The molecule has 2 rings (SSSR count). The highest BCUT2D eigenvalue weighted by Gasteiger charge is 2.33. The summed E-state index contributed by atoms with van der Waals surface area (Å²) in [7, 11) is 2.14. The minimum absolute atomic E-state index is 0.194. The first-order chi connectivity index (χ1) is 8.09. The van der Waals surface area contributed by atoms with Crippen molar-refractivity contribution >= 4 is 5.91 Å². The maximum Gasteiger partial charge on any atom is 0.227 e. The molecule has 2 fully saturated rings. The van der Waals surface area contributed by atoms with Crippen LogP contribution in [0.15, 0.2) is 0 Å². The van der Waals surface area contributed by atoms with E-state index in [1.54, 1.807) is 0 Å². The van der Waals surface area contributed by atoms with Crippen LogP contribution in [0.25, 0.3) is 0 Å². The Morgan fingerprint density at radius 1 is 1.29 bits per heavy atom. The zero-order valence-corrected chi connectivity index (χ0v) is 11.3. The Hall–Kier alpha value is -0.610. The van der Waals surface area contributed by atoms with Crippen molar-refractivity contribution < 1.29 is 4.79 Å². The van der Waals surface area contributed by atoms with Crippen molar-refractivity contribution in [1.82, 2.24) is 15.1 Å². The number of piperazine rings is 1. The van der Waals surface area contributed by atoms with Crippen LogP contribution in [0.3, 0.4) is 0 Å². The van der Waals surface area contributed by atoms with E-state index in [4.69, 9.17) is 0 Å². The predicted octanol–water partition coefficient (Wildman–Crippen LogP) is 0.537. The highest BCUT2D eigenvalue weighted by Crippen LogP contribution is 2.20. The van der Waals surface area contributed by atoms with Gasteiger partial charge >= 0.3 is 0 Å². The van der Waals surface area contributed by atoms with Crippen LogP contribution >= 0.6 is 0 Å². The van der Waals surface area contributed by atoms with E-state index in [1.807, 2.05) is 0 Å². The second-order valence-corrected chi connectivity index (χ2v) is 5.61. The van der Waals surface area contributed by atoms with Gasteiger partial charge in [0.25, 0.3) is 0 Å². The first kappa shape index (κ1) is 12.8. The molecule has 2 saturated heterocycles. The molecule has 0 saturated carbocycles. The number of piperidine rings is 1.